The van der Waals surface area contributed by atoms with Crippen molar-refractivity contribution in [2.75, 3.05) is 6.54 Å². The highest BCUT2D eigenvalue weighted by Gasteiger charge is 2.25. The zero-order valence-corrected chi connectivity index (χ0v) is 11.4. The molecule has 0 saturated heterocycles. The van der Waals surface area contributed by atoms with E-state index >= 15 is 0 Å². The topological polar surface area (TPSA) is 49.3 Å². The summed E-state index contributed by atoms with van der Waals surface area (Å²) in [5.74, 6) is 1.21. The van der Waals surface area contributed by atoms with Gasteiger partial charge in [0.2, 0.25) is 5.91 Å². The van der Waals surface area contributed by atoms with Gasteiger partial charge in [-0.05, 0) is 38.0 Å². The Labute approximate surface area is 110 Å². The van der Waals surface area contributed by atoms with Crippen LogP contribution in [-0.2, 0) is 4.79 Å². The van der Waals surface area contributed by atoms with E-state index in [1.807, 2.05) is 0 Å². The highest BCUT2D eigenvalue weighted by molar-refractivity contribution is 5.78. The number of rotatable bonds is 4. The van der Waals surface area contributed by atoms with Gasteiger partial charge in [0, 0.05) is 12.5 Å². The smallest absolute Gasteiger partial charge is 0.223 e. The third kappa shape index (κ3) is 4.27. The maximum absolute atomic E-state index is 12.0. The van der Waals surface area contributed by atoms with Crippen molar-refractivity contribution in [2.24, 2.45) is 11.8 Å². The standard InChI is InChI=1S/C15H27NO2/c17-14-8-6-13(7-9-14)15(18)16-11-10-12-4-2-1-3-5-12/h12-14,17H,1-11H2,(H,16,18). The Morgan fingerprint density at radius 3 is 2.33 bits per heavy atom. The Kier molecular flexibility index (Phi) is 5.48. The second-order valence-corrected chi connectivity index (χ2v) is 6.09. The lowest BCUT2D eigenvalue weighted by Gasteiger charge is -2.25. The van der Waals surface area contributed by atoms with Crippen molar-refractivity contribution in [2.45, 2.75) is 70.3 Å². The highest BCUT2D eigenvalue weighted by Crippen LogP contribution is 2.26. The van der Waals surface area contributed by atoms with Crippen LogP contribution < -0.4 is 5.32 Å². The van der Waals surface area contributed by atoms with Crippen LogP contribution >= 0.6 is 0 Å². The molecule has 2 N–H and O–H groups in total. The SMILES string of the molecule is O=C(NCCC1CCCCC1)C1CCC(O)CC1. The molecule has 0 aliphatic heterocycles. The van der Waals surface area contributed by atoms with E-state index in [0.717, 1.165) is 44.6 Å². The second-order valence-electron chi connectivity index (χ2n) is 6.09. The molecule has 3 nitrogen and oxygen atoms in total. The summed E-state index contributed by atoms with van der Waals surface area (Å²) in [6, 6.07) is 0. The second kappa shape index (κ2) is 7.13. The molecule has 0 aromatic rings. The number of amides is 1. The Balaban J connectivity index is 1.59. The van der Waals surface area contributed by atoms with Crippen LogP contribution in [0.15, 0.2) is 0 Å². The molecule has 0 spiro atoms. The van der Waals surface area contributed by atoms with Crippen molar-refractivity contribution in [3.05, 3.63) is 0 Å². The molecule has 0 atom stereocenters. The van der Waals surface area contributed by atoms with Gasteiger partial charge in [0.15, 0.2) is 0 Å². The van der Waals surface area contributed by atoms with E-state index in [1.54, 1.807) is 0 Å². The van der Waals surface area contributed by atoms with Crippen molar-refractivity contribution >= 4 is 5.91 Å². The van der Waals surface area contributed by atoms with Crippen LogP contribution in [0.5, 0.6) is 0 Å². The monoisotopic (exact) mass is 253 g/mol. The first-order valence-corrected chi connectivity index (χ1v) is 7.71. The summed E-state index contributed by atoms with van der Waals surface area (Å²) in [5.41, 5.74) is 0. The fourth-order valence-electron chi connectivity index (χ4n) is 3.36. The summed E-state index contributed by atoms with van der Waals surface area (Å²) in [6.45, 7) is 0.850. The van der Waals surface area contributed by atoms with Crippen LogP contribution in [-0.4, -0.2) is 23.7 Å². The first kappa shape index (κ1) is 13.9. The normalized spacial score (nSPS) is 30.1. The number of carbonyl (C=O) groups excluding carboxylic acids is 1. The molecule has 0 unspecified atom stereocenters. The molecule has 0 aromatic heterocycles. The average Bonchev–Trinajstić information content (AvgIpc) is 2.40. The van der Waals surface area contributed by atoms with Crippen molar-refractivity contribution in [1.82, 2.24) is 5.32 Å². The van der Waals surface area contributed by atoms with Gasteiger partial charge >= 0.3 is 0 Å². The number of hydrogen-bond donors (Lipinski definition) is 2. The van der Waals surface area contributed by atoms with E-state index in [4.69, 9.17) is 0 Å². The summed E-state index contributed by atoms with van der Waals surface area (Å²) in [4.78, 5) is 12.0. The molecule has 1 amide bonds. The fourth-order valence-corrected chi connectivity index (χ4v) is 3.36. The molecule has 0 bridgehead atoms. The molecule has 2 aliphatic carbocycles. The number of aliphatic hydroxyl groups is 1. The summed E-state index contributed by atoms with van der Waals surface area (Å²) < 4.78 is 0. The summed E-state index contributed by atoms with van der Waals surface area (Å²) in [6.07, 6.45) is 11.1. The predicted octanol–water partition coefficient (Wildman–Crippen LogP) is 2.62. The first-order chi connectivity index (χ1) is 8.75. The molecule has 2 saturated carbocycles. The van der Waals surface area contributed by atoms with E-state index in [2.05, 4.69) is 5.32 Å². The van der Waals surface area contributed by atoms with Crippen LogP contribution in [0.25, 0.3) is 0 Å². The van der Waals surface area contributed by atoms with Gasteiger partial charge in [-0.25, -0.2) is 0 Å². The number of nitrogens with one attached hydrogen (secondary N) is 1. The molecule has 2 fully saturated rings. The van der Waals surface area contributed by atoms with E-state index in [1.165, 1.54) is 32.1 Å². The number of aliphatic hydroxyl groups excluding tert-OH is 1. The van der Waals surface area contributed by atoms with E-state index in [9.17, 15) is 9.90 Å². The van der Waals surface area contributed by atoms with Gasteiger partial charge in [-0.2, -0.15) is 0 Å². The Hall–Kier alpha value is -0.570. The molecular formula is C15H27NO2. The average molecular weight is 253 g/mol. The maximum Gasteiger partial charge on any atom is 0.223 e. The minimum absolute atomic E-state index is 0.153. The lowest BCUT2D eigenvalue weighted by molar-refractivity contribution is -0.126. The molecule has 18 heavy (non-hydrogen) atoms. The molecular weight excluding hydrogens is 226 g/mol. The Morgan fingerprint density at radius 1 is 1.00 bits per heavy atom. The van der Waals surface area contributed by atoms with Crippen molar-refractivity contribution in [3.8, 4) is 0 Å². The van der Waals surface area contributed by atoms with Gasteiger partial charge < -0.3 is 10.4 Å². The zero-order chi connectivity index (χ0) is 12.8. The molecule has 2 rings (SSSR count). The lowest BCUT2D eigenvalue weighted by atomic mass is 9.86. The van der Waals surface area contributed by atoms with Gasteiger partial charge in [0.25, 0.3) is 0 Å². The van der Waals surface area contributed by atoms with Gasteiger partial charge in [-0.15, -0.1) is 0 Å². The molecule has 3 heteroatoms. The van der Waals surface area contributed by atoms with Crippen molar-refractivity contribution in [1.29, 1.82) is 0 Å². The third-order valence-electron chi connectivity index (χ3n) is 4.64. The third-order valence-corrected chi connectivity index (χ3v) is 4.64. The number of carbonyl (C=O) groups is 1. The molecule has 0 heterocycles. The molecule has 0 aromatic carbocycles. The predicted molar refractivity (Wildman–Crippen MR) is 72.2 cm³/mol. The minimum atomic E-state index is -0.170. The minimum Gasteiger partial charge on any atom is -0.393 e. The van der Waals surface area contributed by atoms with Crippen LogP contribution in [0.1, 0.15) is 64.2 Å². The molecule has 2 aliphatic rings. The maximum atomic E-state index is 12.0. The summed E-state index contributed by atoms with van der Waals surface area (Å²) in [5, 5.41) is 12.5. The number of hydrogen-bond acceptors (Lipinski definition) is 2. The fraction of sp³-hybridized carbons (Fsp3) is 0.933. The summed E-state index contributed by atoms with van der Waals surface area (Å²) >= 11 is 0. The van der Waals surface area contributed by atoms with E-state index in [-0.39, 0.29) is 17.9 Å². The van der Waals surface area contributed by atoms with Gasteiger partial charge in [0.05, 0.1) is 6.10 Å². The Bertz CT molecular complexity index is 253. The van der Waals surface area contributed by atoms with Crippen molar-refractivity contribution < 1.29 is 9.90 Å². The molecule has 0 radical (unpaired) electrons. The van der Waals surface area contributed by atoms with Crippen LogP contribution in [0.3, 0.4) is 0 Å². The van der Waals surface area contributed by atoms with Gasteiger partial charge in [-0.3, -0.25) is 4.79 Å². The van der Waals surface area contributed by atoms with Crippen LogP contribution in [0, 0.1) is 11.8 Å². The largest absolute Gasteiger partial charge is 0.393 e. The first-order valence-electron chi connectivity index (χ1n) is 7.71. The van der Waals surface area contributed by atoms with Gasteiger partial charge in [0.1, 0.15) is 0 Å². The van der Waals surface area contributed by atoms with Crippen LogP contribution in [0.4, 0.5) is 0 Å². The van der Waals surface area contributed by atoms with Gasteiger partial charge in [-0.1, -0.05) is 32.1 Å². The highest BCUT2D eigenvalue weighted by atomic mass is 16.3. The van der Waals surface area contributed by atoms with Crippen LogP contribution in [0.2, 0.25) is 0 Å². The van der Waals surface area contributed by atoms with E-state index in [0.29, 0.717) is 0 Å². The lowest BCUT2D eigenvalue weighted by Crippen LogP contribution is -2.35. The molecule has 104 valence electrons. The summed E-state index contributed by atoms with van der Waals surface area (Å²) in [7, 11) is 0. The quantitative estimate of drug-likeness (QED) is 0.809. The van der Waals surface area contributed by atoms with Crippen molar-refractivity contribution in [3.63, 3.8) is 0 Å². The van der Waals surface area contributed by atoms with E-state index < -0.39 is 0 Å². The Morgan fingerprint density at radius 2 is 1.67 bits per heavy atom. The zero-order valence-electron chi connectivity index (χ0n) is 11.4.